The van der Waals surface area contributed by atoms with E-state index >= 15 is 0 Å². The maximum atomic E-state index is 12.6. The number of carbonyl (C=O) groups excluding carboxylic acids is 2. The molecule has 1 aromatic carbocycles. The van der Waals surface area contributed by atoms with E-state index in [2.05, 4.69) is 15.3 Å². The lowest BCUT2D eigenvalue weighted by atomic mass is 10.1. The van der Waals surface area contributed by atoms with Gasteiger partial charge in [0.2, 0.25) is 0 Å². The smallest absolute Gasteiger partial charge is 0.339 e. The van der Waals surface area contributed by atoms with Crippen molar-refractivity contribution in [1.82, 2.24) is 9.97 Å². The van der Waals surface area contributed by atoms with Crippen molar-refractivity contribution >= 4 is 38.6 Å². The van der Waals surface area contributed by atoms with Crippen LogP contribution in [0.15, 0.2) is 24.3 Å². The lowest BCUT2D eigenvalue weighted by Gasteiger charge is -2.02. The van der Waals surface area contributed by atoms with Crippen LogP contribution >= 0.6 is 11.3 Å². The molecule has 0 fully saturated rings. The minimum Gasteiger partial charge on any atom is -0.465 e. The Morgan fingerprint density at radius 3 is 2.75 bits per heavy atom. The van der Waals surface area contributed by atoms with Crippen LogP contribution in [0.4, 0.5) is 5.13 Å². The monoisotopic (exact) mass is 343 g/mol. The van der Waals surface area contributed by atoms with Gasteiger partial charge in [0.15, 0.2) is 5.13 Å². The predicted octanol–water partition coefficient (Wildman–Crippen LogP) is 3.53. The number of hydrogen-bond acceptors (Lipinski definition) is 5. The second kappa shape index (κ2) is 6.45. The number of methoxy groups -OCH3 is 1. The molecule has 24 heavy (non-hydrogen) atoms. The number of aryl methyl sites for hydroxylation is 1. The molecule has 1 amide bonds. The van der Waals surface area contributed by atoms with Crippen molar-refractivity contribution in [2.45, 2.75) is 20.3 Å². The first kappa shape index (κ1) is 16.2. The van der Waals surface area contributed by atoms with Crippen molar-refractivity contribution in [3.8, 4) is 0 Å². The number of thiazole rings is 1. The minimum atomic E-state index is -0.445. The minimum absolute atomic E-state index is 0.323. The Balaban J connectivity index is 1.92. The van der Waals surface area contributed by atoms with Crippen LogP contribution in [-0.2, 0) is 11.2 Å². The molecule has 0 aliphatic heterocycles. The van der Waals surface area contributed by atoms with E-state index in [9.17, 15) is 9.59 Å². The number of carbonyl (C=O) groups is 2. The number of anilines is 1. The zero-order chi connectivity index (χ0) is 17.3. The maximum absolute atomic E-state index is 12.6. The highest BCUT2D eigenvalue weighted by atomic mass is 32.1. The van der Waals surface area contributed by atoms with Gasteiger partial charge in [-0.3, -0.25) is 10.1 Å². The molecule has 3 aromatic rings. The fourth-order valence-corrected chi connectivity index (χ4v) is 3.48. The van der Waals surface area contributed by atoms with Crippen molar-refractivity contribution in [1.29, 1.82) is 0 Å². The van der Waals surface area contributed by atoms with Crippen molar-refractivity contribution in [2.75, 3.05) is 12.4 Å². The third-order valence-corrected chi connectivity index (χ3v) is 4.76. The molecule has 2 aromatic heterocycles. The number of hydrogen-bond donors (Lipinski definition) is 2. The van der Waals surface area contributed by atoms with Crippen LogP contribution in [-0.4, -0.2) is 29.0 Å². The number of rotatable bonds is 4. The quantitative estimate of drug-likeness (QED) is 0.710. The first-order chi connectivity index (χ1) is 11.5. The van der Waals surface area contributed by atoms with Crippen LogP contribution in [0.5, 0.6) is 0 Å². The number of nitrogens with zero attached hydrogens (tertiary/aromatic N) is 1. The largest absolute Gasteiger partial charge is 0.465 e. The molecule has 2 heterocycles. The summed E-state index contributed by atoms with van der Waals surface area (Å²) >= 11 is 1.41. The van der Waals surface area contributed by atoms with E-state index < -0.39 is 5.97 Å². The molecule has 0 aliphatic rings. The molecule has 0 saturated carbocycles. The highest BCUT2D eigenvalue weighted by Gasteiger charge is 2.24. The van der Waals surface area contributed by atoms with Crippen LogP contribution in [0.25, 0.3) is 10.2 Å². The number of fused-ring (bicyclic) bond motifs is 1. The molecule has 0 unspecified atom stereocenters. The zero-order valence-electron chi connectivity index (χ0n) is 13.6. The van der Waals surface area contributed by atoms with Crippen LogP contribution in [0.1, 0.15) is 39.0 Å². The summed E-state index contributed by atoms with van der Waals surface area (Å²) < 4.78 is 5.81. The number of benzene rings is 1. The molecule has 0 aliphatic carbocycles. The maximum Gasteiger partial charge on any atom is 0.339 e. The first-order valence-electron chi connectivity index (χ1n) is 7.51. The van der Waals surface area contributed by atoms with Gasteiger partial charge >= 0.3 is 5.97 Å². The number of nitrogens with one attached hydrogen (secondary N) is 2. The second-order valence-corrected chi connectivity index (χ2v) is 6.30. The van der Waals surface area contributed by atoms with E-state index in [0.29, 0.717) is 34.1 Å². The Kier molecular flexibility index (Phi) is 4.35. The highest BCUT2D eigenvalue weighted by molar-refractivity contribution is 7.22. The number of esters is 1. The van der Waals surface area contributed by atoms with Gasteiger partial charge in [-0.05, 0) is 31.0 Å². The summed E-state index contributed by atoms with van der Waals surface area (Å²) in [5, 5.41) is 3.32. The SMILES string of the molecule is CCc1[nH]c(C(=O)Nc2nc3ccccc3s2)c(C)c1C(=O)OC. The van der Waals surface area contributed by atoms with Crippen LogP contribution in [0.2, 0.25) is 0 Å². The van der Waals surface area contributed by atoms with E-state index in [0.717, 1.165) is 10.2 Å². The summed E-state index contributed by atoms with van der Waals surface area (Å²) in [6.07, 6.45) is 0.597. The van der Waals surface area contributed by atoms with Crippen LogP contribution < -0.4 is 5.32 Å². The number of H-pyrrole nitrogens is 1. The van der Waals surface area contributed by atoms with Gasteiger partial charge in [-0.1, -0.05) is 30.4 Å². The van der Waals surface area contributed by atoms with Crippen molar-refractivity contribution in [2.24, 2.45) is 0 Å². The van der Waals surface area contributed by atoms with Crippen LogP contribution in [0.3, 0.4) is 0 Å². The summed E-state index contributed by atoms with van der Waals surface area (Å²) in [6, 6.07) is 7.68. The Morgan fingerprint density at radius 1 is 1.33 bits per heavy atom. The molecule has 124 valence electrons. The van der Waals surface area contributed by atoms with E-state index in [1.807, 2.05) is 31.2 Å². The molecule has 0 bridgehead atoms. The molecule has 6 nitrogen and oxygen atoms in total. The highest BCUT2D eigenvalue weighted by Crippen LogP contribution is 2.27. The Bertz CT molecular complexity index is 893. The lowest BCUT2D eigenvalue weighted by molar-refractivity contribution is 0.0599. The average Bonchev–Trinajstić information content (AvgIpc) is 3.14. The summed E-state index contributed by atoms with van der Waals surface area (Å²) in [5.41, 5.74) is 2.89. The fraction of sp³-hybridized carbons (Fsp3) is 0.235. The molecule has 0 atom stereocenters. The zero-order valence-corrected chi connectivity index (χ0v) is 14.4. The first-order valence-corrected chi connectivity index (χ1v) is 8.33. The van der Waals surface area contributed by atoms with E-state index in [1.165, 1.54) is 18.4 Å². The predicted molar refractivity (Wildman–Crippen MR) is 93.8 cm³/mol. The van der Waals surface area contributed by atoms with E-state index in [-0.39, 0.29) is 5.91 Å². The Hall–Kier alpha value is -2.67. The van der Waals surface area contributed by atoms with Gasteiger partial charge in [0.1, 0.15) is 5.69 Å². The summed E-state index contributed by atoms with van der Waals surface area (Å²) in [6.45, 7) is 3.64. The molecular formula is C17H17N3O3S. The summed E-state index contributed by atoms with van der Waals surface area (Å²) in [4.78, 5) is 31.9. The van der Waals surface area contributed by atoms with Gasteiger partial charge in [0, 0.05) is 5.69 Å². The number of aromatic nitrogens is 2. The number of para-hydroxylation sites is 1. The molecule has 3 rings (SSSR count). The number of aromatic amines is 1. The standard InChI is InChI=1S/C17H17N3O3S/c1-4-10-13(16(22)23-3)9(2)14(18-10)15(21)20-17-19-11-7-5-6-8-12(11)24-17/h5-8,18H,4H2,1-3H3,(H,19,20,21). The van der Waals surface area contributed by atoms with Gasteiger partial charge < -0.3 is 9.72 Å². The van der Waals surface area contributed by atoms with Gasteiger partial charge in [-0.15, -0.1) is 0 Å². The van der Waals surface area contributed by atoms with Crippen molar-refractivity contribution in [3.63, 3.8) is 0 Å². The Morgan fingerprint density at radius 2 is 2.08 bits per heavy atom. The topological polar surface area (TPSA) is 84.1 Å². The molecular weight excluding hydrogens is 326 g/mol. The number of amides is 1. The third-order valence-electron chi connectivity index (χ3n) is 3.81. The molecule has 0 saturated heterocycles. The average molecular weight is 343 g/mol. The van der Waals surface area contributed by atoms with Crippen molar-refractivity contribution in [3.05, 3.63) is 46.8 Å². The molecule has 2 N–H and O–H groups in total. The molecule has 0 radical (unpaired) electrons. The third kappa shape index (κ3) is 2.78. The van der Waals surface area contributed by atoms with E-state index in [1.54, 1.807) is 6.92 Å². The van der Waals surface area contributed by atoms with Crippen molar-refractivity contribution < 1.29 is 14.3 Å². The van der Waals surface area contributed by atoms with Crippen LogP contribution in [0, 0.1) is 6.92 Å². The normalized spacial score (nSPS) is 10.8. The fourth-order valence-electron chi connectivity index (χ4n) is 2.61. The lowest BCUT2D eigenvalue weighted by Crippen LogP contribution is -2.14. The molecule has 0 spiro atoms. The van der Waals surface area contributed by atoms with Gasteiger partial charge in [0.05, 0.1) is 22.9 Å². The van der Waals surface area contributed by atoms with E-state index in [4.69, 9.17) is 4.74 Å². The van der Waals surface area contributed by atoms with Gasteiger partial charge in [-0.2, -0.15) is 0 Å². The van der Waals surface area contributed by atoms with Gasteiger partial charge in [0.25, 0.3) is 5.91 Å². The number of ether oxygens (including phenoxy) is 1. The summed E-state index contributed by atoms with van der Waals surface area (Å²) in [7, 11) is 1.33. The second-order valence-electron chi connectivity index (χ2n) is 5.26. The summed E-state index contributed by atoms with van der Waals surface area (Å²) in [5.74, 6) is -0.768. The van der Waals surface area contributed by atoms with Gasteiger partial charge in [-0.25, -0.2) is 9.78 Å². The Labute approximate surface area is 142 Å². The molecule has 7 heteroatoms.